The molecule has 0 radical (unpaired) electrons. The standard InChI is InChI=1S/C70H131IO13Si5/c1-46-31-32-48(33-35-53-47(2)40-49(76-53)30-29-39-72)75-56(46)44-57-52(61(73-18)60(78-57)42-51(81-86(21,22)67(6,7)8)45-74-85(19,20)66(3,4)5)43-59-58(79-59)41-50-34-36-54-62(77-50)64(83-88(25,26)69(12,13)14)65(84-89(27,28)70(15,16)17)63(80-54)55(37-38-71)82-87(23,24)68(9,10)11/h37-39,48-65H,1-2,29-36,40-45H2,3-28H3/b38-37+/t48-,49+,50-,51+,52+,53+,54+,55?,56-,57+,58?,59?,60-,61+,62?,63?,64?,65?/m1/s1. The monoisotopic (exact) mass is 1450 g/mol. The molecular formula is C70H131IO13Si5. The molecule has 19 heteroatoms. The van der Waals surface area contributed by atoms with Crippen molar-refractivity contribution in [3.8, 4) is 0 Å². The Hall–Kier alpha value is 0.224. The van der Waals surface area contributed by atoms with Crippen LogP contribution < -0.4 is 0 Å². The van der Waals surface area contributed by atoms with Crippen molar-refractivity contribution in [1.82, 2.24) is 0 Å². The van der Waals surface area contributed by atoms with Crippen molar-refractivity contribution in [3.05, 3.63) is 34.5 Å². The molecule has 6 rings (SSSR count). The SMILES string of the molecule is C=C1C[C@H](CCC=O)O[C@H]1CC[C@H]1CCC(=C)[C@@H](C[C@@H]2O[C@H](C[C@@H](CO[Si](C)(C)C(C)(C)C)O[Si](C)(C)C(C)(C)C)[C@@H](OC)[C@H]2CC2OC2C[C@H]2CC[C@@H]3OC(C(/C=C/I)O[Si](C)(C)C(C)(C)C)C(O[Si](C)(C)C(C)(C)C)C(O[Si](C)(C)C(C)(C)C)C3O2)O1. The third-order valence-electron chi connectivity index (χ3n) is 23.6. The molecule has 6 aliphatic heterocycles. The van der Waals surface area contributed by atoms with Gasteiger partial charge in [-0.1, -0.05) is 140 Å². The Labute approximate surface area is 562 Å². The van der Waals surface area contributed by atoms with Crippen molar-refractivity contribution in [1.29, 1.82) is 0 Å². The van der Waals surface area contributed by atoms with Gasteiger partial charge in [0.2, 0.25) is 0 Å². The summed E-state index contributed by atoms with van der Waals surface area (Å²) in [6.07, 6.45) is 10.5. The number of hydrogen-bond acceptors (Lipinski definition) is 13. The fourth-order valence-electron chi connectivity index (χ4n) is 12.5. The molecule has 0 bridgehead atoms. The third-order valence-corrected chi connectivity index (χ3v) is 46.4. The molecule has 0 N–H and O–H groups in total. The average Bonchev–Trinajstić information content (AvgIpc) is 1.88. The van der Waals surface area contributed by atoms with Crippen molar-refractivity contribution >= 4 is 70.5 Å². The van der Waals surface area contributed by atoms with E-state index in [-0.39, 0.29) is 123 Å². The molecule has 6 fully saturated rings. The van der Waals surface area contributed by atoms with Crippen LogP contribution in [0.3, 0.4) is 0 Å². The molecule has 0 spiro atoms. The van der Waals surface area contributed by atoms with Crippen LogP contribution in [-0.4, -0.2) is 165 Å². The molecule has 6 saturated heterocycles. The van der Waals surface area contributed by atoms with Crippen LogP contribution in [0.2, 0.25) is 90.7 Å². The summed E-state index contributed by atoms with van der Waals surface area (Å²) < 4.78 is 88.9. The van der Waals surface area contributed by atoms with Crippen LogP contribution in [0.15, 0.2) is 34.5 Å². The second-order valence-electron chi connectivity index (χ2n) is 35.5. The normalized spacial score (nSPS) is 33.2. The molecule has 7 unspecified atom stereocenters. The quantitative estimate of drug-likeness (QED) is 0.0242. The van der Waals surface area contributed by atoms with Crippen LogP contribution in [0.5, 0.6) is 0 Å². The lowest BCUT2D eigenvalue weighted by Crippen LogP contribution is -2.69. The topological polar surface area (TPSA) is 131 Å². The number of hydrogen-bond donors (Lipinski definition) is 0. The molecular weight excluding hydrogens is 1320 g/mol. The summed E-state index contributed by atoms with van der Waals surface area (Å²) in [6.45, 7) is 67.7. The lowest BCUT2D eigenvalue weighted by Gasteiger charge is -2.56. The first-order valence-electron chi connectivity index (χ1n) is 34.5. The second kappa shape index (κ2) is 30.1. The first-order chi connectivity index (χ1) is 40.7. The average molecular weight is 1450 g/mol. The molecule has 516 valence electrons. The summed E-state index contributed by atoms with van der Waals surface area (Å²) >= 11 is 2.34. The lowest BCUT2D eigenvalue weighted by molar-refractivity contribution is -0.267. The van der Waals surface area contributed by atoms with E-state index in [1.54, 1.807) is 0 Å². The third kappa shape index (κ3) is 20.0. The molecule has 13 nitrogen and oxygen atoms in total. The van der Waals surface area contributed by atoms with E-state index < -0.39 is 53.8 Å². The zero-order chi connectivity index (χ0) is 67.1. The highest BCUT2D eigenvalue weighted by Gasteiger charge is 2.59. The molecule has 18 atom stereocenters. The minimum atomic E-state index is -2.43. The smallest absolute Gasteiger partial charge is 0.193 e. The minimum absolute atomic E-state index is 0.00564. The van der Waals surface area contributed by atoms with Gasteiger partial charge in [0, 0.05) is 38.7 Å². The Balaban J connectivity index is 1.28. The van der Waals surface area contributed by atoms with E-state index in [1.165, 1.54) is 0 Å². The van der Waals surface area contributed by atoms with Gasteiger partial charge in [0.25, 0.3) is 0 Å². The van der Waals surface area contributed by atoms with Gasteiger partial charge in [-0.2, -0.15) is 0 Å². The van der Waals surface area contributed by atoms with Crippen molar-refractivity contribution in [3.63, 3.8) is 0 Å². The zero-order valence-corrected chi connectivity index (χ0v) is 68.3. The predicted molar refractivity (Wildman–Crippen MR) is 385 cm³/mol. The number of rotatable bonds is 28. The molecule has 0 aromatic heterocycles. The Morgan fingerprint density at radius 1 is 0.551 bits per heavy atom. The largest absolute Gasteiger partial charge is 0.414 e. The molecule has 0 aromatic carbocycles. The lowest BCUT2D eigenvalue weighted by atomic mass is 9.84. The van der Waals surface area contributed by atoms with Crippen LogP contribution >= 0.6 is 22.6 Å². The fraction of sp³-hybridized carbons (Fsp3) is 0.900. The molecule has 6 aliphatic rings. The van der Waals surface area contributed by atoms with Crippen molar-refractivity contribution in [2.24, 2.45) is 5.92 Å². The van der Waals surface area contributed by atoms with Crippen molar-refractivity contribution < 1.29 is 60.1 Å². The van der Waals surface area contributed by atoms with Crippen LogP contribution in [0.4, 0.5) is 0 Å². The number of epoxide rings is 1. The predicted octanol–water partition coefficient (Wildman–Crippen LogP) is 18.1. The van der Waals surface area contributed by atoms with Gasteiger partial charge in [-0.15, -0.1) is 0 Å². The highest BCUT2D eigenvalue weighted by atomic mass is 127. The van der Waals surface area contributed by atoms with Crippen molar-refractivity contribution in [2.45, 2.75) is 382 Å². The number of methoxy groups -OCH3 is 1. The Bertz CT molecular complexity index is 2350. The molecule has 0 aromatic rings. The van der Waals surface area contributed by atoms with Crippen LogP contribution in [0.25, 0.3) is 0 Å². The molecule has 0 aliphatic carbocycles. The number of carbonyl (C=O) groups is 1. The maximum absolute atomic E-state index is 11.2. The van der Waals surface area contributed by atoms with E-state index in [0.29, 0.717) is 25.9 Å². The highest BCUT2D eigenvalue weighted by Crippen LogP contribution is 2.51. The maximum Gasteiger partial charge on any atom is 0.193 e. The summed E-state index contributed by atoms with van der Waals surface area (Å²) in [4.78, 5) is 11.2. The summed E-state index contributed by atoms with van der Waals surface area (Å²) in [6, 6.07) is 0. The Kier molecular flexibility index (Phi) is 26.5. The summed E-state index contributed by atoms with van der Waals surface area (Å²) in [7, 11) is -9.66. The van der Waals surface area contributed by atoms with Gasteiger partial charge in [-0.05, 0) is 170 Å². The number of halogens is 1. The first-order valence-corrected chi connectivity index (χ1v) is 50.3. The van der Waals surface area contributed by atoms with Gasteiger partial charge in [0.05, 0.1) is 86.0 Å². The van der Waals surface area contributed by atoms with Crippen LogP contribution in [-0.2, 0) is 60.1 Å². The zero-order valence-electron chi connectivity index (χ0n) is 61.1. The summed E-state index contributed by atoms with van der Waals surface area (Å²) in [5.41, 5.74) is 2.25. The van der Waals surface area contributed by atoms with E-state index >= 15 is 0 Å². The fourth-order valence-corrected chi connectivity index (χ4v) is 19.1. The van der Waals surface area contributed by atoms with Gasteiger partial charge in [0.15, 0.2) is 41.6 Å². The molecule has 0 amide bonds. The first kappa shape index (κ1) is 78.2. The van der Waals surface area contributed by atoms with Gasteiger partial charge in [-0.25, -0.2) is 0 Å². The molecule has 0 saturated carbocycles. The van der Waals surface area contributed by atoms with Gasteiger partial charge < -0.3 is 60.1 Å². The van der Waals surface area contributed by atoms with Crippen molar-refractivity contribution in [2.75, 3.05) is 13.7 Å². The highest BCUT2D eigenvalue weighted by molar-refractivity contribution is 14.1. The molecule has 89 heavy (non-hydrogen) atoms. The van der Waals surface area contributed by atoms with E-state index in [4.69, 9.17) is 55.3 Å². The minimum Gasteiger partial charge on any atom is -0.414 e. The number of ether oxygens (including phenoxy) is 7. The van der Waals surface area contributed by atoms with Gasteiger partial charge in [-0.3, -0.25) is 0 Å². The maximum atomic E-state index is 11.2. The van der Waals surface area contributed by atoms with E-state index in [9.17, 15) is 4.79 Å². The van der Waals surface area contributed by atoms with E-state index in [1.807, 2.05) is 7.11 Å². The number of aldehydes is 1. The Morgan fingerprint density at radius 2 is 1.10 bits per heavy atom. The number of fused-ring (bicyclic) bond motifs is 1. The number of carbonyl (C=O) groups excluding carboxylic acids is 1. The van der Waals surface area contributed by atoms with E-state index in [0.717, 1.165) is 81.6 Å². The van der Waals surface area contributed by atoms with Gasteiger partial charge >= 0.3 is 0 Å². The van der Waals surface area contributed by atoms with E-state index in [2.05, 4.69) is 215 Å². The summed E-state index contributed by atoms with van der Waals surface area (Å²) in [5, 5.41) is -0.0591. The molecule has 6 heterocycles. The van der Waals surface area contributed by atoms with Crippen LogP contribution in [0, 0.1) is 5.92 Å². The second-order valence-corrected chi connectivity index (χ2v) is 60.0. The summed E-state index contributed by atoms with van der Waals surface area (Å²) in [5.74, 6) is 0.0270. The Morgan fingerprint density at radius 3 is 1.66 bits per heavy atom. The van der Waals surface area contributed by atoms with Crippen LogP contribution in [0.1, 0.15) is 187 Å². The van der Waals surface area contributed by atoms with Gasteiger partial charge in [0.1, 0.15) is 30.7 Å².